The first kappa shape index (κ1) is 20.9. The number of piperidine rings is 1. The molecule has 0 bridgehead atoms. The van der Waals surface area contributed by atoms with Crippen LogP contribution in [0.1, 0.15) is 60.1 Å². The number of nitrogens with zero attached hydrogens (tertiary/aromatic N) is 2. The zero-order valence-corrected chi connectivity index (χ0v) is 17.3. The Morgan fingerprint density at radius 2 is 1.90 bits per heavy atom. The topological polar surface area (TPSA) is 84.5 Å². The molecule has 1 N–H and O–H groups in total. The molecule has 1 aliphatic heterocycles. The molecule has 29 heavy (non-hydrogen) atoms. The van der Waals surface area contributed by atoms with E-state index in [2.05, 4.69) is 12.2 Å². The molecule has 0 unspecified atom stereocenters. The van der Waals surface area contributed by atoms with Gasteiger partial charge in [0.25, 0.3) is 11.8 Å². The maximum atomic E-state index is 13.1. The number of carbonyl (C=O) groups excluding carboxylic acids is 2. The van der Waals surface area contributed by atoms with Crippen LogP contribution >= 0.6 is 0 Å². The number of nitrogens with one attached hydrogen (secondary N) is 1. The minimum Gasteiger partial charge on any atom is -0.467 e. The molecule has 3 heterocycles. The lowest BCUT2D eigenvalue weighted by atomic mass is 9.98. The van der Waals surface area contributed by atoms with Crippen molar-refractivity contribution in [3.05, 3.63) is 57.9 Å². The summed E-state index contributed by atoms with van der Waals surface area (Å²) in [6.07, 6.45) is 6.50. The Hall–Kier alpha value is -2.83. The third kappa shape index (κ3) is 5.16. The summed E-state index contributed by atoms with van der Waals surface area (Å²) in [5.74, 6) is 0.673. The fourth-order valence-electron chi connectivity index (χ4n) is 3.53. The number of amides is 2. The van der Waals surface area contributed by atoms with Crippen LogP contribution in [0.3, 0.4) is 0 Å². The highest BCUT2D eigenvalue weighted by Crippen LogP contribution is 2.18. The van der Waals surface area contributed by atoms with Crippen LogP contribution in [0.5, 0.6) is 0 Å². The van der Waals surface area contributed by atoms with E-state index in [0.29, 0.717) is 37.2 Å². The first-order valence-electron chi connectivity index (χ1n) is 10.2. The van der Waals surface area contributed by atoms with E-state index in [-0.39, 0.29) is 23.6 Å². The molecule has 0 aliphatic carbocycles. The Kier molecular flexibility index (Phi) is 6.56. The average molecular weight is 399 g/mol. The molecule has 1 aliphatic rings. The van der Waals surface area contributed by atoms with Crippen LogP contribution in [-0.2, 0) is 13.1 Å². The van der Waals surface area contributed by atoms with E-state index in [0.717, 1.165) is 12.8 Å². The average Bonchev–Trinajstić information content (AvgIpc) is 3.20. The number of likely N-dealkylation sites (tertiary alicyclic amines) is 1. The van der Waals surface area contributed by atoms with Gasteiger partial charge in [-0.25, -0.2) is 0 Å². The van der Waals surface area contributed by atoms with Crippen LogP contribution in [0, 0.1) is 11.8 Å². The molecule has 0 spiro atoms. The summed E-state index contributed by atoms with van der Waals surface area (Å²) in [6, 6.07) is 3.48. The highest BCUT2D eigenvalue weighted by atomic mass is 16.3. The van der Waals surface area contributed by atoms with Crippen LogP contribution < -0.4 is 10.7 Å². The van der Waals surface area contributed by atoms with Crippen LogP contribution in [0.15, 0.2) is 40.0 Å². The van der Waals surface area contributed by atoms with Crippen molar-refractivity contribution in [1.29, 1.82) is 0 Å². The molecule has 0 aromatic carbocycles. The standard InChI is InChI=1S/C22H29N3O4/c1-15(2)12-24-13-18(21(27)23-11-17-5-4-10-29-17)20(26)19(14-24)22(28)25-8-6-16(3)7-9-25/h4-5,10,13-16H,6-9,11-12H2,1-3H3,(H,23,27). The van der Waals surface area contributed by atoms with Crippen molar-refractivity contribution in [2.45, 2.75) is 46.7 Å². The fourth-order valence-corrected chi connectivity index (χ4v) is 3.53. The van der Waals surface area contributed by atoms with Crippen LogP contribution in [-0.4, -0.2) is 34.4 Å². The summed E-state index contributed by atoms with van der Waals surface area (Å²) in [7, 11) is 0. The number of carbonyl (C=O) groups is 2. The van der Waals surface area contributed by atoms with Gasteiger partial charge in [-0.3, -0.25) is 14.4 Å². The van der Waals surface area contributed by atoms with Crippen LogP contribution in [0.25, 0.3) is 0 Å². The minimum atomic E-state index is -0.523. The third-order valence-electron chi connectivity index (χ3n) is 5.20. The predicted molar refractivity (Wildman–Crippen MR) is 110 cm³/mol. The molecule has 1 saturated heterocycles. The molecule has 0 atom stereocenters. The second-order valence-electron chi connectivity index (χ2n) is 8.24. The van der Waals surface area contributed by atoms with Crippen LogP contribution in [0.4, 0.5) is 0 Å². The number of aromatic nitrogens is 1. The molecule has 2 aromatic rings. The lowest BCUT2D eigenvalue weighted by molar-refractivity contribution is 0.0695. The summed E-state index contributed by atoms with van der Waals surface area (Å²) in [6.45, 7) is 8.32. The van der Waals surface area contributed by atoms with E-state index in [1.807, 2.05) is 13.8 Å². The minimum absolute atomic E-state index is 0.0200. The smallest absolute Gasteiger partial charge is 0.259 e. The maximum absolute atomic E-state index is 13.1. The highest BCUT2D eigenvalue weighted by molar-refractivity contribution is 5.99. The van der Waals surface area contributed by atoms with E-state index >= 15 is 0 Å². The number of hydrogen-bond acceptors (Lipinski definition) is 4. The highest BCUT2D eigenvalue weighted by Gasteiger charge is 2.26. The van der Waals surface area contributed by atoms with E-state index in [4.69, 9.17) is 4.42 Å². The largest absolute Gasteiger partial charge is 0.467 e. The Balaban J connectivity index is 1.88. The number of pyridine rings is 1. The predicted octanol–water partition coefficient (Wildman–Crippen LogP) is 2.90. The fraction of sp³-hybridized carbons (Fsp3) is 0.500. The van der Waals surface area contributed by atoms with Gasteiger partial charge >= 0.3 is 0 Å². The Morgan fingerprint density at radius 3 is 2.52 bits per heavy atom. The van der Waals surface area contributed by atoms with Gasteiger partial charge in [0.05, 0.1) is 12.8 Å². The SMILES string of the molecule is CC(C)Cn1cc(C(=O)NCc2ccco2)c(=O)c(C(=O)N2CCC(C)CC2)c1. The zero-order chi connectivity index (χ0) is 21.0. The molecular formula is C22H29N3O4. The molecule has 3 rings (SSSR count). The first-order valence-corrected chi connectivity index (χ1v) is 10.2. The van der Waals surface area contributed by atoms with Crippen molar-refractivity contribution in [2.24, 2.45) is 11.8 Å². The lowest BCUT2D eigenvalue weighted by Crippen LogP contribution is -2.41. The molecule has 2 amide bonds. The summed E-state index contributed by atoms with van der Waals surface area (Å²) >= 11 is 0. The van der Waals surface area contributed by atoms with E-state index in [1.54, 1.807) is 27.8 Å². The normalized spacial score (nSPS) is 15.0. The van der Waals surface area contributed by atoms with Gasteiger partial charge in [0.2, 0.25) is 5.43 Å². The van der Waals surface area contributed by atoms with Gasteiger partial charge in [-0.1, -0.05) is 20.8 Å². The Morgan fingerprint density at radius 1 is 1.21 bits per heavy atom. The van der Waals surface area contributed by atoms with Gasteiger partial charge in [0, 0.05) is 32.0 Å². The number of hydrogen-bond donors (Lipinski definition) is 1. The summed E-state index contributed by atoms with van der Waals surface area (Å²) in [5.41, 5.74) is -0.482. The second-order valence-corrected chi connectivity index (χ2v) is 8.24. The van der Waals surface area contributed by atoms with Crippen molar-refractivity contribution < 1.29 is 14.0 Å². The molecule has 156 valence electrons. The maximum Gasteiger partial charge on any atom is 0.259 e. The van der Waals surface area contributed by atoms with Gasteiger partial charge in [-0.2, -0.15) is 0 Å². The first-order chi connectivity index (χ1) is 13.8. The molecular weight excluding hydrogens is 370 g/mol. The molecule has 2 aromatic heterocycles. The van der Waals surface area contributed by atoms with Gasteiger partial charge in [-0.05, 0) is 36.8 Å². The van der Waals surface area contributed by atoms with Crippen molar-refractivity contribution in [3.8, 4) is 0 Å². The summed E-state index contributed by atoms with van der Waals surface area (Å²) < 4.78 is 6.99. The van der Waals surface area contributed by atoms with E-state index < -0.39 is 11.3 Å². The lowest BCUT2D eigenvalue weighted by Gasteiger charge is -2.30. The van der Waals surface area contributed by atoms with Crippen LogP contribution in [0.2, 0.25) is 0 Å². The zero-order valence-electron chi connectivity index (χ0n) is 17.3. The van der Waals surface area contributed by atoms with Gasteiger partial charge in [-0.15, -0.1) is 0 Å². The van der Waals surface area contributed by atoms with Crippen molar-refractivity contribution in [1.82, 2.24) is 14.8 Å². The molecule has 0 saturated carbocycles. The number of furan rings is 1. The molecule has 7 heteroatoms. The van der Waals surface area contributed by atoms with Gasteiger partial charge < -0.3 is 19.2 Å². The molecule has 0 radical (unpaired) electrons. The van der Waals surface area contributed by atoms with Crippen molar-refractivity contribution in [2.75, 3.05) is 13.1 Å². The third-order valence-corrected chi connectivity index (χ3v) is 5.20. The number of rotatable bonds is 6. The monoisotopic (exact) mass is 399 g/mol. The quantitative estimate of drug-likeness (QED) is 0.809. The molecule has 7 nitrogen and oxygen atoms in total. The summed E-state index contributed by atoms with van der Waals surface area (Å²) in [4.78, 5) is 40.5. The Bertz CT molecular complexity index is 907. The van der Waals surface area contributed by atoms with Gasteiger partial charge in [0.1, 0.15) is 16.9 Å². The van der Waals surface area contributed by atoms with Crippen molar-refractivity contribution >= 4 is 11.8 Å². The van der Waals surface area contributed by atoms with Gasteiger partial charge in [0.15, 0.2) is 0 Å². The van der Waals surface area contributed by atoms with E-state index in [1.165, 1.54) is 12.5 Å². The Labute approximate surface area is 170 Å². The van der Waals surface area contributed by atoms with Crippen molar-refractivity contribution in [3.63, 3.8) is 0 Å². The summed E-state index contributed by atoms with van der Waals surface area (Å²) in [5, 5.41) is 2.70. The van der Waals surface area contributed by atoms with E-state index in [9.17, 15) is 14.4 Å². The second kappa shape index (κ2) is 9.11. The molecule has 1 fully saturated rings.